The molecule has 1 aliphatic carbocycles. The third-order valence-electron chi connectivity index (χ3n) is 3.51. The van der Waals surface area contributed by atoms with E-state index in [1.54, 1.807) is 0 Å². The van der Waals surface area contributed by atoms with Crippen molar-refractivity contribution < 1.29 is 4.74 Å². The minimum absolute atomic E-state index is 0.0291. The zero-order chi connectivity index (χ0) is 13.1. The smallest absolute Gasteiger partial charge is 0.133 e. The molecule has 0 radical (unpaired) electrons. The van der Waals surface area contributed by atoms with Gasteiger partial charge in [-0.2, -0.15) is 0 Å². The standard InChI is InChI=1S/C14H21N3O/c1-9-7-12(13(14(15)16)10(2)17-9)18-8-11-5-3-4-6-11/h7,11H,3-6,8H2,1-2H3,(H3,15,16). The van der Waals surface area contributed by atoms with Gasteiger partial charge in [-0.05, 0) is 32.6 Å². The Morgan fingerprint density at radius 2 is 2.11 bits per heavy atom. The van der Waals surface area contributed by atoms with Gasteiger partial charge in [-0.15, -0.1) is 0 Å². The summed E-state index contributed by atoms with van der Waals surface area (Å²) < 4.78 is 5.88. The van der Waals surface area contributed by atoms with Crippen molar-refractivity contribution in [1.82, 2.24) is 4.98 Å². The van der Waals surface area contributed by atoms with Gasteiger partial charge in [0.05, 0.1) is 17.9 Å². The van der Waals surface area contributed by atoms with Crippen LogP contribution >= 0.6 is 0 Å². The molecule has 0 aliphatic heterocycles. The van der Waals surface area contributed by atoms with Gasteiger partial charge in [0, 0.05) is 11.8 Å². The highest BCUT2D eigenvalue weighted by Gasteiger charge is 2.18. The fourth-order valence-corrected chi connectivity index (χ4v) is 2.62. The Morgan fingerprint density at radius 1 is 1.44 bits per heavy atom. The lowest BCUT2D eigenvalue weighted by atomic mass is 10.1. The molecule has 1 aromatic heterocycles. The first-order valence-corrected chi connectivity index (χ1v) is 6.53. The Morgan fingerprint density at radius 3 is 2.72 bits per heavy atom. The van der Waals surface area contributed by atoms with Crippen molar-refractivity contribution >= 4 is 5.84 Å². The zero-order valence-electron chi connectivity index (χ0n) is 11.1. The van der Waals surface area contributed by atoms with Crippen molar-refractivity contribution in [2.45, 2.75) is 39.5 Å². The van der Waals surface area contributed by atoms with Crippen LogP contribution in [0.25, 0.3) is 0 Å². The lowest BCUT2D eigenvalue weighted by molar-refractivity contribution is 0.251. The van der Waals surface area contributed by atoms with Gasteiger partial charge < -0.3 is 10.5 Å². The predicted octanol–water partition coefficient (Wildman–Crippen LogP) is 2.55. The van der Waals surface area contributed by atoms with Gasteiger partial charge in [0.2, 0.25) is 0 Å². The number of ether oxygens (including phenoxy) is 1. The summed E-state index contributed by atoms with van der Waals surface area (Å²) in [6.07, 6.45) is 5.11. The van der Waals surface area contributed by atoms with E-state index in [0.29, 0.717) is 17.2 Å². The molecule has 1 aliphatic rings. The molecule has 4 heteroatoms. The molecule has 98 valence electrons. The largest absolute Gasteiger partial charge is 0.492 e. The number of nitrogens with zero attached hydrogens (tertiary/aromatic N) is 1. The summed E-state index contributed by atoms with van der Waals surface area (Å²) in [6, 6.07) is 1.87. The number of aromatic nitrogens is 1. The second-order valence-corrected chi connectivity index (χ2v) is 5.10. The Bertz CT molecular complexity index is 451. The highest BCUT2D eigenvalue weighted by Crippen LogP contribution is 2.27. The summed E-state index contributed by atoms with van der Waals surface area (Å²) in [5.41, 5.74) is 7.92. The molecule has 0 aromatic carbocycles. The van der Waals surface area contributed by atoms with E-state index in [9.17, 15) is 0 Å². The Labute approximate surface area is 108 Å². The monoisotopic (exact) mass is 247 g/mol. The number of pyridine rings is 1. The van der Waals surface area contributed by atoms with Crippen LogP contribution in [0.2, 0.25) is 0 Å². The molecule has 3 N–H and O–H groups in total. The van der Waals surface area contributed by atoms with Crippen molar-refractivity contribution in [3.05, 3.63) is 23.0 Å². The van der Waals surface area contributed by atoms with E-state index in [-0.39, 0.29) is 5.84 Å². The molecular formula is C14H21N3O. The Hall–Kier alpha value is -1.58. The highest BCUT2D eigenvalue weighted by molar-refractivity contribution is 5.98. The average Bonchev–Trinajstić information content (AvgIpc) is 2.77. The summed E-state index contributed by atoms with van der Waals surface area (Å²) in [6.45, 7) is 4.52. The maximum Gasteiger partial charge on any atom is 0.133 e. The molecule has 0 unspecified atom stereocenters. The quantitative estimate of drug-likeness (QED) is 0.634. The van der Waals surface area contributed by atoms with E-state index >= 15 is 0 Å². The second kappa shape index (κ2) is 5.38. The van der Waals surface area contributed by atoms with Gasteiger partial charge in [-0.1, -0.05) is 12.8 Å². The SMILES string of the molecule is Cc1cc(OCC2CCCC2)c(C(=N)N)c(C)n1. The average molecular weight is 247 g/mol. The molecule has 0 bridgehead atoms. The minimum atomic E-state index is 0.0291. The molecule has 2 rings (SSSR count). The Balaban J connectivity index is 2.16. The van der Waals surface area contributed by atoms with E-state index in [4.69, 9.17) is 15.9 Å². The number of nitrogen functional groups attached to an aromatic ring is 1. The number of rotatable bonds is 4. The van der Waals surface area contributed by atoms with Crippen molar-refractivity contribution in [1.29, 1.82) is 5.41 Å². The minimum Gasteiger partial charge on any atom is -0.492 e. The lowest BCUT2D eigenvalue weighted by Gasteiger charge is -2.16. The fourth-order valence-electron chi connectivity index (χ4n) is 2.62. The van der Waals surface area contributed by atoms with E-state index in [1.165, 1.54) is 25.7 Å². The number of hydrogen-bond acceptors (Lipinski definition) is 3. The van der Waals surface area contributed by atoms with Crippen LogP contribution in [0.4, 0.5) is 0 Å². The lowest BCUT2D eigenvalue weighted by Crippen LogP contribution is -2.18. The molecule has 1 fully saturated rings. The van der Waals surface area contributed by atoms with Gasteiger partial charge in [-0.25, -0.2) is 0 Å². The van der Waals surface area contributed by atoms with Gasteiger partial charge in [-0.3, -0.25) is 10.4 Å². The molecular weight excluding hydrogens is 226 g/mol. The summed E-state index contributed by atoms with van der Waals surface area (Å²) in [4.78, 5) is 4.33. The topological polar surface area (TPSA) is 72.0 Å². The van der Waals surface area contributed by atoms with E-state index in [1.807, 2.05) is 19.9 Å². The van der Waals surface area contributed by atoms with Gasteiger partial charge in [0.15, 0.2) is 0 Å². The first-order valence-electron chi connectivity index (χ1n) is 6.53. The highest BCUT2D eigenvalue weighted by atomic mass is 16.5. The summed E-state index contributed by atoms with van der Waals surface area (Å²) >= 11 is 0. The van der Waals surface area contributed by atoms with Crippen LogP contribution in [0.15, 0.2) is 6.07 Å². The first-order chi connectivity index (χ1) is 8.58. The van der Waals surface area contributed by atoms with Crippen LogP contribution in [0, 0.1) is 25.2 Å². The van der Waals surface area contributed by atoms with E-state index in [2.05, 4.69) is 4.98 Å². The molecule has 0 spiro atoms. The number of aryl methyl sites for hydroxylation is 2. The van der Waals surface area contributed by atoms with Gasteiger partial charge >= 0.3 is 0 Å². The van der Waals surface area contributed by atoms with Crippen molar-refractivity contribution in [2.75, 3.05) is 6.61 Å². The number of amidine groups is 1. The zero-order valence-corrected chi connectivity index (χ0v) is 11.1. The van der Waals surface area contributed by atoms with Crippen LogP contribution in [0.3, 0.4) is 0 Å². The van der Waals surface area contributed by atoms with Crippen molar-refractivity contribution in [2.24, 2.45) is 11.7 Å². The van der Waals surface area contributed by atoms with E-state index in [0.717, 1.165) is 18.0 Å². The number of hydrogen-bond donors (Lipinski definition) is 2. The maximum absolute atomic E-state index is 7.63. The van der Waals surface area contributed by atoms with Gasteiger partial charge in [0.1, 0.15) is 11.6 Å². The molecule has 0 saturated heterocycles. The second-order valence-electron chi connectivity index (χ2n) is 5.10. The predicted molar refractivity (Wildman–Crippen MR) is 72.2 cm³/mol. The van der Waals surface area contributed by atoms with Crippen molar-refractivity contribution in [3.8, 4) is 5.75 Å². The number of nitrogens with two attached hydrogens (primary N) is 1. The molecule has 4 nitrogen and oxygen atoms in total. The molecule has 1 heterocycles. The molecule has 0 atom stereocenters. The number of nitrogens with one attached hydrogen (secondary N) is 1. The Kier molecular flexibility index (Phi) is 3.84. The van der Waals surface area contributed by atoms with E-state index < -0.39 is 0 Å². The van der Waals surface area contributed by atoms with Crippen LogP contribution < -0.4 is 10.5 Å². The van der Waals surface area contributed by atoms with Crippen LogP contribution in [-0.2, 0) is 0 Å². The van der Waals surface area contributed by atoms with Crippen LogP contribution in [0.5, 0.6) is 5.75 Å². The molecule has 1 aromatic rings. The molecule has 18 heavy (non-hydrogen) atoms. The van der Waals surface area contributed by atoms with Gasteiger partial charge in [0.25, 0.3) is 0 Å². The summed E-state index contributed by atoms with van der Waals surface area (Å²) in [5, 5.41) is 7.63. The van der Waals surface area contributed by atoms with Crippen LogP contribution in [-0.4, -0.2) is 17.4 Å². The molecule has 1 saturated carbocycles. The third kappa shape index (κ3) is 2.81. The molecule has 0 amide bonds. The maximum atomic E-state index is 7.63. The summed E-state index contributed by atoms with van der Waals surface area (Å²) in [7, 11) is 0. The summed E-state index contributed by atoms with van der Waals surface area (Å²) in [5.74, 6) is 1.39. The third-order valence-corrected chi connectivity index (χ3v) is 3.51. The normalized spacial score (nSPS) is 15.9. The van der Waals surface area contributed by atoms with Crippen LogP contribution in [0.1, 0.15) is 42.6 Å². The first kappa shape index (κ1) is 12.9. The van der Waals surface area contributed by atoms with Crippen molar-refractivity contribution in [3.63, 3.8) is 0 Å². The fraction of sp³-hybridized carbons (Fsp3) is 0.571.